The van der Waals surface area contributed by atoms with Crippen molar-refractivity contribution in [1.82, 2.24) is 9.80 Å². The molecule has 1 aliphatic rings. The fourth-order valence-corrected chi connectivity index (χ4v) is 3.20. The smallest absolute Gasteiger partial charge is 0.338 e. The van der Waals surface area contributed by atoms with Gasteiger partial charge in [-0.05, 0) is 58.0 Å². The monoisotopic (exact) mass is 378 g/mol. The molecule has 0 saturated carbocycles. The average molecular weight is 379 g/mol. The number of piperidine rings is 1. The highest BCUT2D eigenvalue weighted by Crippen LogP contribution is 2.29. The van der Waals surface area contributed by atoms with Gasteiger partial charge in [0.15, 0.2) is 0 Å². The number of halogens is 4. The predicted molar refractivity (Wildman–Crippen MR) is 94.9 cm³/mol. The molecule has 1 aromatic carbocycles. The molecule has 2 rings (SSSR count). The number of carbonyl (C=O) groups is 1. The molecule has 2 unspecified atom stereocenters. The third-order valence-corrected chi connectivity index (χ3v) is 4.88. The molecule has 1 saturated heterocycles. The number of alkyl halides is 3. The zero-order chi connectivity index (χ0) is 17.9. The number of rotatable bonds is 4. The Morgan fingerprint density at radius 2 is 1.84 bits per heavy atom. The summed E-state index contributed by atoms with van der Waals surface area (Å²) in [5.74, 6) is -0.00633. The quantitative estimate of drug-likeness (QED) is 0.790. The van der Waals surface area contributed by atoms with E-state index in [2.05, 4.69) is 11.8 Å². The van der Waals surface area contributed by atoms with E-state index in [1.807, 2.05) is 19.0 Å². The van der Waals surface area contributed by atoms with Gasteiger partial charge in [0.2, 0.25) is 5.91 Å². The molecule has 7 heteroatoms. The Bertz CT molecular complexity index is 560. The van der Waals surface area contributed by atoms with Crippen molar-refractivity contribution in [3.63, 3.8) is 0 Å². The largest absolute Gasteiger partial charge is 0.416 e. The van der Waals surface area contributed by atoms with Crippen LogP contribution in [0.4, 0.5) is 13.2 Å². The Morgan fingerprint density at radius 3 is 2.36 bits per heavy atom. The van der Waals surface area contributed by atoms with E-state index >= 15 is 0 Å². The third kappa shape index (κ3) is 5.61. The molecule has 1 aliphatic heterocycles. The van der Waals surface area contributed by atoms with Crippen LogP contribution < -0.4 is 0 Å². The molecule has 3 nitrogen and oxygen atoms in total. The van der Waals surface area contributed by atoms with Crippen molar-refractivity contribution in [1.29, 1.82) is 0 Å². The molecule has 0 radical (unpaired) electrons. The van der Waals surface area contributed by atoms with Crippen LogP contribution in [-0.2, 0) is 17.4 Å². The summed E-state index contributed by atoms with van der Waals surface area (Å²) >= 11 is 0. The summed E-state index contributed by atoms with van der Waals surface area (Å²) in [6, 6.07) is 5.29. The van der Waals surface area contributed by atoms with Crippen LogP contribution in [0.25, 0.3) is 0 Å². The van der Waals surface area contributed by atoms with E-state index in [0.717, 1.165) is 37.9 Å². The summed E-state index contributed by atoms with van der Waals surface area (Å²) in [7, 11) is 4.00. The topological polar surface area (TPSA) is 23.6 Å². The average Bonchev–Trinajstić information content (AvgIpc) is 2.53. The van der Waals surface area contributed by atoms with Crippen molar-refractivity contribution in [3.05, 3.63) is 35.4 Å². The van der Waals surface area contributed by atoms with Crippen LogP contribution in [0.3, 0.4) is 0 Å². The van der Waals surface area contributed by atoms with Crippen molar-refractivity contribution >= 4 is 18.3 Å². The Labute approximate surface area is 153 Å². The van der Waals surface area contributed by atoms with E-state index < -0.39 is 11.7 Å². The van der Waals surface area contributed by atoms with Gasteiger partial charge in [-0.1, -0.05) is 12.1 Å². The Hall–Kier alpha value is -1.27. The third-order valence-electron chi connectivity index (χ3n) is 4.88. The van der Waals surface area contributed by atoms with Gasteiger partial charge < -0.3 is 9.80 Å². The lowest BCUT2D eigenvalue weighted by Gasteiger charge is -2.41. The Kier molecular flexibility index (Phi) is 7.75. The lowest BCUT2D eigenvalue weighted by Crippen LogP contribution is -2.53. The molecule has 1 aromatic rings. The standard InChI is InChI=1S/C18H25F3N2O.ClH/c1-13(22(2)3)16-6-4-5-11-23(16)17(24)12-14-7-9-15(10-8-14)18(19,20)21;/h7-10,13,16H,4-6,11-12H2,1-3H3;1H. The summed E-state index contributed by atoms with van der Waals surface area (Å²) in [6.07, 6.45) is -1.14. The summed E-state index contributed by atoms with van der Waals surface area (Å²) in [5, 5.41) is 0. The molecular formula is C18H26ClF3N2O. The van der Waals surface area contributed by atoms with Gasteiger partial charge in [0.25, 0.3) is 0 Å². The van der Waals surface area contributed by atoms with Gasteiger partial charge in [0.1, 0.15) is 0 Å². The Morgan fingerprint density at radius 1 is 1.24 bits per heavy atom. The van der Waals surface area contributed by atoms with Crippen LogP contribution in [0, 0.1) is 0 Å². The van der Waals surface area contributed by atoms with Crippen molar-refractivity contribution in [3.8, 4) is 0 Å². The maximum Gasteiger partial charge on any atom is 0.416 e. The van der Waals surface area contributed by atoms with Crippen molar-refractivity contribution < 1.29 is 18.0 Å². The highest BCUT2D eigenvalue weighted by molar-refractivity contribution is 5.85. The number of benzene rings is 1. The van der Waals surface area contributed by atoms with Gasteiger partial charge in [0, 0.05) is 18.6 Å². The van der Waals surface area contributed by atoms with Crippen molar-refractivity contribution in [2.45, 2.75) is 50.9 Å². The molecule has 25 heavy (non-hydrogen) atoms. The molecule has 142 valence electrons. The van der Waals surface area contributed by atoms with Gasteiger partial charge >= 0.3 is 6.18 Å². The molecular weight excluding hydrogens is 353 g/mol. The number of amides is 1. The zero-order valence-electron chi connectivity index (χ0n) is 14.8. The minimum Gasteiger partial charge on any atom is -0.338 e. The van der Waals surface area contributed by atoms with Gasteiger partial charge in [-0.2, -0.15) is 13.2 Å². The van der Waals surface area contributed by atoms with E-state index in [1.165, 1.54) is 12.1 Å². The number of likely N-dealkylation sites (N-methyl/N-ethyl adjacent to an activating group) is 1. The summed E-state index contributed by atoms with van der Waals surface area (Å²) in [5.41, 5.74) is -0.0643. The SMILES string of the molecule is CC(C1CCCCN1C(=O)Cc1ccc(C(F)(F)F)cc1)N(C)C.Cl. The van der Waals surface area contributed by atoms with Gasteiger partial charge in [-0.25, -0.2) is 0 Å². The highest BCUT2D eigenvalue weighted by Gasteiger charge is 2.32. The summed E-state index contributed by atoms with van der Waals surface area (Å²) in [6.45, 7) is 2.83. The molecule has 0 aliphatic carbocycles. The lowest BCUT2D eigenvalue weighted by molar-refractivity contribution is -0.137. The number of nitrogens with zero attached hydrogens (tertiary/aromatic N) is 2. The molecule has 2 atom stereocenters. The van der Waals surface area contributed by atoms with Crippen LogP contribution in [0.5, 0.6) is 0 Å². The minimum absolute atomic E-state index is 0. The van der Waals surface area contributed by atoms with Gasteiger partial charge in [-0.3, -0.25) is 4.79 Å². The zero-order valence-corrected chi connectivity index (χ0v) is 15.7. The van der Waals surface area contributed by atoms with Crippen LogP contribution in [0.2, 0.25) is 0 Å². The molecule has 0 aromatic heterocycles. The first-order valence-electron chi connectivity index (χ1n) is 8.32. The van der Waals surface area contributed by atoms with E-state index in [9.17, 15) is 18.0 Å². The Balaban J connectivity index is 0.00000312. The van der Waals surface area contributed by atoms with Crippen LogP contribution in [0.1, 0.15) is 37.3 Å². The normalized spacial score (nSPS) is 19.5. The maximum absolute atomic E-state index is 12.7. The lowest BCUT2D eigenvalue weighted by atomic mass is 9.95. The second kappa shape index (κ2) is 8.90. The minimum atomic E-state index is -4.35. The molecule has 1 amide bonds. The molecule has 1 fully saturated rings. The van der Waals surface area contributed by atoms with E-state index in [0.29, 0.717) is 5.56 Å². The molecule has 1 heterocycles. The van der Waals surface area contributed by atoms with Crippen molar-refractivity contribution in [2.75, 3.05) is 20.6 Å². The second-order valence-electron chi connectivity index (χ2n) is 6.73. The molecule has 0 bridgehead atoms. The first-order valence-corrected chi connectivity index (χ1v) is 8.32. The predicted octanol–water partition coefficient (Wildman–Crippen LogP) is 4.00. The fraction of sp³-hybridized carbons (Fsp3) is 0.611. The number of hydrogen-bond donors (Lipinski definition) is 0. The van der Waals surface area contributed by atoms with E-state index in [-0.39, 0.29) is 36.8 Å². The number of likely N-dealkylation sites (tertiary alicyclic amines) is 1. The summed E-state index contributed by atoms with van der Waals surface area (Å²) in [4.78, 5) is 16.7. The maximum atomic E-state index is 12.7. The van der Waals surface area contributed by atoms with E-state index in [4.69, 9.17) is 0 Å². The van der Waals surface area contributed by atoms with Gasteiger partial charge in [0.05, 0.1) is 12.0 Å². The fourth-order valence-electron chi connectivity index (χ4n) is 3.20. The first-order chi connectivity index (χ1) is 11.2. The second-order valence-corrected chi connectivity index (χ2v) is 6.73. The van der Waals surface area contributed by atoms with Gasteiger partial charge in [-0.15, -0.1) is 12.4 Å². The highest BCUT2D eigenvalue weighted by atomic mass is 35.5. The van der Waals surface area contributed by atoms with Crippen molar-refractivity contribution in [2.24, 2.45) is 0 Å². The van der Waals surface area contributed by atoms with Crippen LogP contribution in [0.15, 0.2) is 24.3 Å². The molecule has 0 N–H and O–H groups in total. The number of carbonyl (C=O) groups excluding carboxylic acids is 1. The van der Waals surface area contributed by atoms with Crippen LogP contribution in [-0.4, -0.2) is 48.4 Å². The van der Waals surface area contributed by atoms with Crippen LogP contribution >= 0.6 is 12.4 Å². The first kappa shape index (κ1) is 21.8. The molecule has 0 spiro atoms. The summed E-state index contributed by atoms with van der Waals surface area (Å²) < 4.78 is 37.8. The number of hydrogen-bond acceptors (Lipinski definition) is 2. The van der Waals surface area contributed by atoms with E-state index in [1.54, 1.807) is 0 Å².